The fraction of sp³-hybridized carbons (Fsp3) is 0.714. The molecule has 3 unspecified atom stereocenters. The molecule has 1 aromatic rings. The lowest BCUT2D eigenvalue weighted by Gasteiger charge is -2.35. The van der Waals surface area contributed by atoms with Crippen molar-refractivity contribution in [1.82, 2.24) is 10.3 Å². The number of carbonyl (C=O) groups excluding carboxylic acids is 1. The first-order chi connectivity index (χ1) is 9.39. The number of carbonyl (C=O) groups is 1. The number of hydrogen-bond acceptors (Lipinski definition) is 5. The Morgan fingerprint density at radius 3 is 3.10 bits per heavy atom. The van der Waals surface area contributed by atoms with Gasteiger partial charge in [-0.25, -0.2) is 4.98 Å². The Hall–Kier alpha value is -0.980. The summed E-state index contributed by atoms with van der Waals surface area (Å²) >= 11 is 1.39. The van der Waals surface area contributed by atoms with Crippen molar-refractivity contribution < 1.29 is 9.90 Å². The standard InChI is InChI=1S/C14H23N3O2S/c1-9-4-3-5-14(19,6-9)8-16-12(18)11-7-20-13(17-11)10(2)15/h7,9-10,19H,3-6,8,15H2,1-2H3,(H,16,18). The third-order valence-electron chi connectivity index (χ3n) is 3.79. The molecule has 1 amide bonds. The van der Waals surface area contributed by atoms with Gasteiger partial charge >= 0.3 is 0 Å². The lowest BCUT2D eigenvalue weighted by Crippen LogP contribution is -2.45. The van der Waals surface area contributed by atoms with E-state index >= 15 is 0 Å². The highest BCUT2D eigenvalue weighted by Gasteiger charge is 2.33. The second-order valence-electron chi connectivity index (χ2n) is 5.97. The average Bonchev–Trinajstić information content (AvgIpc) is 2.85. The van der Waals surface area contributed by atoms with E-state index < -0.39 is 5.60 Å². The van der Waals surface area contributed by atoms with Crippen LogP contribution >= 0.6 is 11.3 Å². The molecule has 1 aliphatic rings. The van der Waals surface area contributed by atoms with Crippen molar-refractivity contribution in [2.75, 3.05) is 6.54 Å². The molecule has 2 rings (SSSR count). The number of nitrogens with two attached hydrogens (primary N) is 1. The minimum Gasteiger partial charge on any atom is -0.388 e. The van der Waals surface area contributed by atoms with Gasteiger partial charge < -0.3 is 16.2 Å². The molecule has 3 atom stereocenters. The van der Waals surface area contributed by atoms with Gasteiger partial charge in [0.2, 0.25) is 0 Å². The van der Waals surface area contributed by atoms with Crippen LogP contribution in [0.25, 0.3) is 0 Å². The number of rotatable bonds is 4. The van der Waals surface area contributed by atoms with Crippen LogP contribution in [0.3, 0.4) is 0 Å². The molecule has 1 saturated carbocycles. The number of aromatic nitrogens is 1. The zero-order chi connectivity index (χ0) is 14.8. The zero-order valence-electron chi connectivity index (χ0n) is 12.1. The zero-order valence-corrected chi connectivity index (χ0v) is 12.9. The molecule has 112 valence electrons. The predicted octanol–water partition coefficient (Wildman–Crippen LogP) is 1.83. The van der Waals surface area contributed by atoms with Gasteiger partial charge in [-0.15, -0.1) is 11.3 Å². The van der Waals surface area contributed by atoms with Crippen LogP contribution in [0.4, 0.5) is 0 Å². The van der Waals surface area contributed by atoms with Gasteiger partial charge in [0.1, 0.15) is 10.7 Å². The van der Waals surface area contributed by atoms with Gasteiger partial charge in [0.15, 0.2) is 0 Å². The van der Waals surface area contributed by atoms with Crippen LogP contribution in [0.1, 0.15) is 61.1 Å². The Morgan fingerprint density at radius 2 is 2.50 bits per heavy atom. The summed E-state index contributed by atoms with van der Waals surface area (Å²) in [5.41, 5.74) is 5.34. The van der Waals surface area contributed by atoms with Crippen molar-refractivity contribution in [3.05, 3.63) is 16.1 Å². The minimum absolute atomic E-state index is 0.162. The van der Waals surface area contributed by atoms with E-state index in [-0.39, 0.29) is 11.9 Å². The highest BCUT2D eigenvalue weighted by Crippen LogP contribution is 2.31. The normalized spacial score (nSPS) is 28.1. The van der Waals surface area contributed by atoms with Crippen LogP contribution in [0.2, 0.25) is 0 Å². The highest BCUT2D eigenvalue weighted by molar-refractivity contribution is 7.09. The maximum atomic E-state index is 12.0. The number of amides is 1. The van der Waals surface area contributed by atoms with Crippen molar-refractivity contribution in [2.45, 2.75) is 51.2 Å². The minimum atomic E-state index is -0.770. The summed E-state index contributed by atoms with van der Waals surface area (Å²) in [7, 11) is 0. The van der Waals surface area contributed by atoms with Gasteiger partial charge in [0.05, 0.1) is 11.6 Å². The summed E-state index contributed by atoms with van der Waals surface area (Å²) in [4.78, 5) is 16.2. The lowest BCUT2D eigenvalue weighted by atomic mass is 9.79. The second kappa shape index (κ2) is 6.20. The van der Waals surface area contributed by atoms with E-state index in [9.17, 15) is 9.90 Å². The van der Waals surface area contributed by atoms with E-state index in [0.29, 0.717) is 18.2 Å². The summed E-state index contributed by atoms with van der Waals surface area (Å²) in [6.45, 7) is 4.27. The summed E-state index contributed by atoms with van der Waals surface area (Å²) in [6.07, 6.45) is 3.66. The van der Waals surface area contributed by atoms with Crippen LogP contribution < -0.4 is 11.1 Å². The Balaban J connectivity index is 1.91. The van der Waals surface area contributed by atoms with Crippen LogP contribution in [0, 0.1) is 5.92 Å². The summed E-state index contributed by atoms with van der Waals surface area (Å²) in [6, 6.07) is -0.162. The van der Waals surface area contributed by atoms with E-state index in [1.807, 2.05) is 6.92 Å². The molecule has 1 fully saturated rings. The molecular formula is C14H23N3O2S. The highest BCUT2D eigenvalue weighted by atomic mass is 32.1. The Morgan fingerprint density at radius 1 is 1.75 bits per heavy atom. The van der Waals surface area contributed by atoms with E-state index in [4.69, 9.17) is 5.73 Å². The fourth-order valence-corrected chi connectivity index (χ4v) is 3.49. The molecule has 1 heterocycles. The largest absolute Gasteiger partial charge is 0.388 e. The molecule has 6 heteroatoms. The third-order valence-corrected chi connectivity index (χ3v) is 4.84. The molecule has 20 heavy (non-hydrogen) atoms. The van der Waals surface area contributed by atoms with Crippen molar-refractivity contribution in [3.8, 4) is 0 Å². The third kappa shape index (κ3) is 3.77. The van der Waals surface area contributed by atoms with Crippen molar-refractivity contribution >= 4 is 17.2 Å². The van der Waals surface area contributed by atoms with E-state index in [0.717, 1.165) is 30.7 Å². The Labute approximate surface area is 123 Å². The van der Waals surface area contributed by atoms with E-state index in [1.54, 1.807) is 5.38 Å². The number of nitrogens with zero attached hydrogens (tertiary/aromatic N) is 1. The van der Waals surface area contributed by atoms with Gasteiger partial charge in [-0.1, -0.05) is 19.8 Å². The average molecular weight is 297 g/mol. The maximum absolute atomic E-state index is 12.0. The number of hydrogen-bond donors (Lipinski definition) is 3. The van der Waals surface area contributed by atoms with Crippen molar-refractivity contribution in [3.63, 3.8) is 0 Å². The quantitative estimate of drug-likeness (QED) is 0.791. The van der Waals surface area contributed by atoms with Crippen LogP contribution in [-0.4, -0.2) is 28.1 Å². The SMILES string of the molecule is CC1CCCC(O)(CNC(=O)c2csc(C(C)N)n2)C1. The number of aliphatic hydroxyl groups is 1. The number of nitrogens with one attached hydrogen (secondary N) is 1. The maximum Gasteiger partial charge on any atom is 0.270 e. The van der Waals surface area contributed by atoms with Gasteiger partial charge in [-0.05, 0) is 25.7 Å². The molecule has 0 spiro atoms. The summed E-state index contributed by atoms with van der Waals surface area (Å²) in [5.74, 6) is 0.273. The second-order valence-corrected chi connectivity index (χ2v) is 6.86. The van der Waals surface area contributed by atoms with Gasteiger partial charge in [-0.3, -0.25) is 4.79 Å². The molecule has 0 aliphatic heterocycles. The van der Waals surface area contributed by atoms with E-state index in [1.165, 1.54) is 11.3 Å². The Kier molecular flexibility index (Phi) is 4.78. The van der Waals surface area contributed by atoms with E-state index in [2.05, 4.69) is 17.2 Å². The summed E-state index contributed by atoms with van der Waals surface area (Å²) in [5, 5.41) is 15.7. The molecule has 0 radical (unpaired) electrons. The monoisotopic (exact) mass is 297 g/mol. The predicted molar refractivity (Wildman–Crippen MR) is 79.6 cm³/mol. The van der Waals surface area contributed by atoms with Crippen molar-refractivity contribution in [1.29, 1.82) is 0 Å². The van der Waals surface area contributed by atoms with Crippen LogP contribution in [0.5, 0.6) is 0 Å². The first-order valence-corrected chi connectivity index (χ1v) is 7.99. The lowest BCUT2D eigenvalue weighted by molar-refractivity contribution is -0.0109. The van der Waals surface area contributed by atoms with Gasteiger partial charge in [0, 0.05) is 11.9 Å². The van der Waals surface area contributed by atoms with Crippen LogP contribution in [0.15, 0.2) is 5.38 Å². The molecule has 1 aromatic heterocycles. The molecule has 0 aromatic carbocycles. The first kappa shape index (κ1) is 15.4. The van der Waals surface area contributed by atoms with Gasteiger partial charge in [-0.2, -0.15) is 0 Å². The van der Waals surface area contributed by atoms with Gasteiger partial charge in [0.25, 0.3) is 5.91 Å². The number of thiazole rings is 1. The molecule has 1 aliphatic carbocycles. The molecule has 5 nitrogen and oxygen atoms in total. The van der Waals surface area contributed by atoms with Crippen molar-refractivity contribution in [2.24, 2.45) is 11.7 Å². The molecule has 0 bridgehead atoms. The first-order valence-electron chi connectivity index (χ1n) is 7.11. The smallest absolute Gasteiger partial charge is 0.270 e. The molecule has 4 N–H and O–H groups in total. The summed E-state index contributed by atoms with van der Waals surface area (Å²) < 4.78 is 0. The van der Waals surface area contributed by atoms with Crippen LogP contribution in [-0.2, 0) is 0 Å². The Bertz CT molecular complexity index is 475. The molecular weight excluding hydrogens is 274 g/mol. The molecule has 0 saturated heterocycles. The topological polar surface area (TPSA) is 88.2 Å². The fourth-order valence-electron chi connectivity index (χ4n) is 2.73.